The second kappa shape index (κ2) is 8.77. The van der Waals surface area contributed by atoms with Crippen molar-refractivity contribution in [2.24, 2.45) is 11.8 Å². The summed E-state index contributed by atoms with van der Waals surface area (Å²) in [7, 11) is 0. The van der Waals surface area contributed by atoms with Crippen LogP contribution in [0.2, 0.25) is 0 Å². The molecule has 1 saturated carbocycles. The molecule has 1 aliphatic rings. The minimum atomic E-state index is -0.684. The molecule has 0 aromatic carbocycles. The molecule has 0 saturated heterocycles. The number of rotatable bonds is 8. The summed E-state index contributed by atoms with van der Waals surface area (Å²) in [5, 5.41) is 17.5. The molecule has 1 rings (SSSR count). The maximum absolute atomic E-state index is 10.4. The van der Waals surface area contributed by atoms with Gasteiger partial charge in [-0.3, -0.25) is 4.79 Å². The highest BCUT2D eigenvalue weighted by molar-refractivity contribution is 5.66. The summed E-state index contributed by atoms with van der Waals surface area (Å²) in [6.45, 7) is 1.65. The first kappa shape index (κ1) is 15.8. The fraction of sp³-hybridized carbons (Fsp3) is 0.688. The van der Waals surface area contributed by atoms with E-state index in [9.17, 15) is 4.79 Å². The predicted octanol–water partition coefficient (Wildman–Crippen LogP) is 2.99. The van der Waals surface area contributed by atoms with Gasteiger partial charge in [0.25, 0.3) is 0 Å². The zero-order valence-electron chi connectivity index (χ0n) is 11.6. The fourth-order valence-corrected chi connectivity index (χ4v) is 2.32. The van der Waals surface area contributed by atoms with E-state index in [1.807, 2.05) is 6.08 Å². The van der Waals surface area contributed by atoms with Crippen molar-refractivity contribution < 1.29 is 15.0 Å². The zero-order chi connectivity index (χ0) is 14.1. The summed E-state index contributed by atoms with van der Waals surface area (Å²) in [6, 6.07) is 0. The second-order valence-corrected chi connectivity index (χ2v) is 5.34. The van der Waals surface area contributed by atoms with Crippen molar-refractivity contribution in [1.29, 1.82) is 0 Å². The largest absolute Gasteiger partial charge is 0.481 e. The highest BCUT2D eigenvalue weighted by Crippen LogP contribution is 2.45. The fourth-order valence-electron chi connectivity index (χ4n) is 2.32. The molecule has 3 heteroatoms. The van der Waals surface area contributed by atoms with E-state index in [0.29, 0.717) is 6.42 Å². The highest BCUT2D eigenvalue weighted by atomic mass is 16.4. The Labute approximate surface area is 115 Å². The molecule has 0 aromatic heterocycles. The minimum absolute atomic E-state index is 0.308. The third-order valence-electron chi connectivity index (χ3n) is 3.48. The van der Waals surface area contributed by atoms with Crippen LogP contribution in [0.1, 0.15) is 51.9 Å². The van der Waals surface area contributed by atoms with Crippen molar-refractivity contribution >= 4 is 5.97 Å². The Bertz CT molecular complexity index is 360. The molecule has 0 bridgehead atoms. The van der Waals surface area contributed by atoms with E-state index >= 15 is 0 Å². The van der Waals surface area contributed by atoms with E-state index in [4.69, 9.17) is 10.2 Å². The van der Waals surface area contributed by atoms with E-state index in [0.717, 1.165) is 31.1 Å². The predicted molar refractivity (Wildman–Crippen MR) is 75.5 cm³/mol. The number of carboxylic acids is 1. The Morgan fingerprint density at radius 2 is 2.11 bits per heavy atom. The van der Waals surface area contributed by atoms with Crippen LogP contribution in [0.15, 0.2) is 12.2 Å². The number of hydrogen-bond donors (Lipinski definition) is 2. The molecule has 2 N–H and O–H groups in total. The van der Waals surface area contributed by atoms with Crippen molar-refractivity contribution in [2.75, 3.05) is 0 Å². The van der Waals surface area contributed by atoms with Gasteiger partial charge in [0, 0.05) is 6.42 Å². The Morgan fingerprint density at radius 1 is 1.37 bits per heavy atom. The van der Waals surface area contributed by atoms with Crippen LogP contribution in [0.3, 0.4) is 0 Å². The lowest BCUT2D eigenvalue weighted by Gasteiger charge is -1.98. The first-order valence-electron chi connectivity index (χ1n) is 7.15. The summed E-state index contributed by atoms with van der Waals surface area (Å²) in [5.41, 5.74) is 0. The summed E-state index contributed by atoms with van der Waals surface area (Å²) in [5.74, 6) is 6.45. The number of unbranched alkanes of at least 4 members (excludes halogenated alkanes) is 1. The smallest absolute Gasteiger partial charge is 0.303 e. The standard InChI is InChI=1S/C16H24O3/c1-13(17)8-4-2-3-5-9-14-12-15(14)10-6-7-11-16(18)19/h2-3,13-15,17H,5-7,9-12H2,1H3,(H,18,19)/b3-2-/t13?,14-,15+/m0/s1. The normalized spacial score (nSPS) is 22.8. The van der Waals surface area contributed by atoms with E-state index in [1.165, 1.54) is 19.3 Å². The van der Waals surface area contributed by atoms with Gasteiger partial charge < -0.3 is 10.2 Å². The first-order valence-corrected chi connectivity index (χ1v) is 7.15. The van der Waals surface area contributed by atoms with Crippen LogP contribution in [0.4, 0.5) is 0 Å². The van der Waals surface area contributed by atoms with E-state index in [1.54, 1.807) is 6.92 Å². The van der Waals surface area contributed by atoms with Crippen molar-refractivity contribution in [3.63, 3.8) is 0 Å². The van der Waals surface area contributed by atoms with Gasteiger partial charge in [0.05, 0.1) is 0 Å². The topological polar surface area (TPSA) is 57.5 Å². The molecule has 3 atom stereocenters. The lowest BCUT2D eigenvalue weighted by molar-refractivity contribution is -0.137. The van der Waals surface area contributed by atoms with Crippen LogP contribution < -0.4 is 0 Å². The quantitative estimate of drug-likeness (QED) is 0.523. The van der Waals surface area contributed by atoms with Crippen LogP contribution in [0.5, 0.6) is 0 Å². The zero-order valence-corrected chi connectivity index (χ0v) is 11.6. The molecule has 1 unspecified atom stereocenters. The molecule has 1 aliphatic carbocycles. The lowest BCUT2D eigenvalue weighted by atomic mass is 10.1. The Hall–Kier alpha value is -1.27. The number of aliphatic carboxylic acids is 1. The number of allylic oxidation sites excluding steroid dienone is 2. The van der Waals surface area contributed by atoms with Gasteiger partial charge in [-0.15, -0.1) is 0 Å². The molecular weight excluding hydrogens is 240 g/mol. The maximum atomic E-state index is 10.4. The van der Waals surface area contributed by atoms with Gasteiger partial charge in [-0.25, -0.2) is 0 Å². The van der Waals surface area contributed by atoms with Gasteiger partial charge in [-0.2, -0.15) is 0 Å². The second-order valence-electron chi connectivity index (χ2n) is 5.34. The summed E-state index contributed by atoms with van der Waals surface area (Å²) >= 11 is 0. The van der Waals surface area contributed by atoms with Crippen molar-refractivity contribution in [3.8, 4) is 11.8 Å². The summed E-state index contributed by atoms with van der Waals surface area (Å²) in [6.07, 6.45) is 10.2. The van der Waals surface area contributed by atoms with Crippen LogP contribution in [-0.4, -0.2) is 22.3 Å². The first-order chi connectivity index (χ1) is 9.09. The number of hydrogen-bond acceptors (Lipinski definition) is 2. The van der Waals surface area contributed by atoms with Crippen LogP contribution in [0.25, 0.3) is 0 Å². The molecule has 0 heterocycles. The molecule has 106 valence electrons. The van der Waals surface area contributed by atoms with Crippen molar-refractivity contribution in [1.82, 2.24) is 0 Å². The van der Waals surface area contributed by atoms with Crippen LogP contribution in [0, 0.1) is 23.7 Å². The molecular formula is C16H24O3. The van der Waals surface area contributed by atoms with Gasteiger partial charge in [0.2, 0.25) is 0 Å². The average Bonchev–Trinajstić information content (AvgIpc) is 3.07. The molecule has 19 heavy (non-hydrogen) atoms. The molecule has 0 aliphatic heterocycles. The van der Waals surface area contributed by atoms with Gasteiger partial charge in [-0.1, -0.05) is 30.8 Å². The van der Waals surface area contributed by atoms with E-state index < -0.39 is 12.1 Å². The van der Waals surface area contributed by atoms with Gasteiger partial charge in [0.15, 0.2) is 0 Å². The molecule has 1 fully saturated rings. The molecule has 0 radical (unpaired) electrons. The van der Waals surface area contributed by atoms with Crippen molar-refractivity contribution in [3.05, 3.63) is 12.2 Å². The van der Waals surface area contributed by atoms with Crippen LogP contribution >= 0.6 is 0 Å². The summed E-state index contributed by atoms with van der Waals surface area (Å²) < 4.78 is 0. The molecule has 0 amide bonds. The van der Waals surface area contributed by atoms with Gasteiger partial charge in [-0.05, 0) is 50.5 Å². The molecule has 0 spiro atoms. The SMILES string of the molecule is CC(O)C#C/C=C\CC[C@H]1C[C@H]1CCCCC(=O)O. The number of aliphatic hydroxyl groups is 1. The monoisotopic (exact) mass is 264 g/mol. The van der Waals surface area contributed by atoms with E-state index in [-0.39, 0.29) is 0 Å². The third kappa shape index (κ3) is 8.45. The molecule has 0 aromatic rings. The average molecular weight is 264 g/mol. The van der Waals surface area contributed by atoms with Gasteiger partial charge >= 0.3 is 5.97 Å². The van der Waals surface area contributed by atoms with Crippen molar-refractivity contribution in [2.45, 2.75) is 58.0 Å². The van der Waals surface area contributed by atoms with E-state index in [2.05, 4.69) is 17.9 Å². The third-order valence-corrected chi connectivity index (χ3v) is 3.48. The van der Waals surface area contributed by atoms with Gasteiger partial charge in [0.1, 0.15) is 6.10 Å². The summed E-state index contributed by atoms with van der Waals surface area (Å²) in [4.78, 5) is 10.4. The minimum Gasteiger partial charge on any atom is -0.481 e. The maximum Gasteiger partial charge on any atom is 0.303 e. The Balaban J connectivity index is 1.96. The Kier molecular flexibility index (Phi) is 7.28. The number of aliphatic hydroxyl groups excluding tert-OH is 1. The highest BCUT2D eigenvalue weighted by Gasteiger charge is 2.34. The Morgan fingerprint density at radius 3 is 2.79 bits per heavy atom. The lowest BCUT2D eigenvalue weighted by Crippen LogP contribution is -1.94. The number of carbonyl (C=O) groups is 1. The molecule has 3 nitrogen and oxygen atoms in total. The van der Waals surface area contributed by atoms with Crippen LogP contribution in [-0.2, 0) is 4.79 Å². The number of carboxylic acid groups (broad SMARTS) is 1.